The van der Waals surface area contributed by atoms with Crippen LogP contribution in [-0.2, 0) is 10.0 Å². The molecule has 1 fully saturated rings. The summed E-state index contributed by atoms with van der Waals surface area (Å²) < 4.78 is 24.9. The topological polar surface area (TPSA) is 79.3 Å². The molecule has 23 heavy (non-hydrogen) atoms. The Hall–Kier alpha value is -2.06. The van der Waals surface area contributed by atoms with E-state index in [2.05, 4.69) is 15.0 Å². The van der Waals surface area contributed by atoms with E-state index in [1.165, 1.54) is 10.6 Å². The van der Waals surface area contributed by atoms with E-state index >= 15 is 0 Å². The Morgan fingerprint density at radius 2 is 1.96 bits per heavy atom. The fourth-order valence-electron chi connectivity index (χ4n) is 2.60. The van der Waals surface area contributed by atoms with Crippen LogP contribution in [0, 0.1) is 0 Å². The van der Waals surface area contributed by atoms with E-state index < -0.39 is 10.0 Å². The van der Waals surface area contributed by atoms with Crippen molar-refractivity contribution >= 4 is 16.0 Å². The number of hydrogen-bond acceptors (Lipinski definition) is 6. The maximum absolute atomic E-state index is 11.7. The van der Waals surface area contributed by atoms with Crippen molar-refractivity contribution in [2.45, 2.75) is 6.42 Å². The van der Waals surface area contributed by atoms with Crippen LogP contribution < -0.4 is 4.90 Å². The summed E-state index contributed by atoms with van der Waals surface area (Å²) in [4.78, 5) is 15.1. The lowest BCUT2D eigenvalue weighted by Crippen LogP contribution is -2.34. The highest BCUT2D eigenvalue weighted by atomic mass is 32.2. The second-order valence-corrected chi connectivity index (χ2v) is 7.47. The number of aromatic nitrogens is 3. The molecule has 1 aliphatic rings. The van der Waals surface area contributed by atoms with Crippen molar-refractivity contribution in [2.24, 2.45) is 0 Å². The standard InChI is InChI=1S/C15H19N5O2S/c1-23(21,22)20-9-3-8-19(10-11-20)15-17-7-5-14(18-15)13-4-2-6-16-12-13/h2,4-7,12H,3,8-11H2,1H3. The molecule has 0 unspecified atom stereocenters. The number of anilines is 1. The van der Waals surface area contributed by atoms with Gasteiger partial charge in [0.2, 0.25) is 16.0 Å². The number of rotatable bonds is 3. The maximum atomic E-state index is 11.7. The first-order chi connectivity index (χ1) is 11.0. The van der Waals surface area contributed by atoms with Crippen LogP contribution in [0.4, 0.5) is 5.95 Å². The van der Waals surface area contributed by atoms with E-state index in [1.54, 1.807) is 18.6 Å². The Bertz CT molecular complexity index is 766. The molecule has 0 bridgehead atoms. The highest BCUT2D eigenvalue weighted by Crippen LogP contribution is 2.19. The van der Waals surface area contributed by atoms with Gasteiger partial charge in [0.05, 0.1) is 11.9 Å². The van der Waals surface area contributed by atoms with Crippen LogP contribution in [0.1, 0.15) is 6.42 Å². The Labute approximate surface area is 136 Å². The average molecular weight is 333 g/mol. The number of hydrogen-bond donors (Lipinski definition) is 0. The summed E-state index contributed by atoms with van der Waals surface area (Å²) in [5, 5.41) is 0. The van der Waals surface area contributed by atoms with Crippen LogP contribution >= 0.6 is 0 Å². The smallest absolute Gasteiger partial charge is 0.225 e. The molecule has 2 aromatic rings. The predicted molar refractivity (Wildman–Crippen MR) is 88.5 cm³/mol. The van der Waals surface area contributed by atoms with Crippen LogP contribution in [0.25, 0.3) is 11.3 Å². The Morgan fingerprint density at radius 1 is 1.09 bits per heavy atom. The molecular weight excluding hydrogens is 314 g/mol. The van der Waals surface area contributed by atoms with Crippen LogP contribution in [0.2, 0.25) is 0 Å². The van der Waals surface area contributed by atoms with Crippen LogP contribution in [0.15, 0.2) is 36.8 Å². The molecule has 0 radical (unpaired) electrons. The van der Waals surface area contributed by atoms with Crippen molar-refractivity contribution in [3.63, 3.8) is 0 Å². The van der Waals surface area contributed by atoms with Crippen LogP contribution in [0.3, 0.4) is 0 Å². The number of nitrogens with zero attached hydrogens (tertiary/aromatic N) is 5. The fraction of sp³-hybridized carbons (Fsp3) is 0.400. The van der Waals surface area contributed by atoms with Gasteiger partial charge in [0.25, 0.3) is 0 Å². The molecule has 1 saturated heterocycles. The fourth-order valence-corrected chi connectivity index (χ4v) is 3.48. The third-order valence-electron chi connectivity index (χ3n) is 3.81. The van der Waals surface area contributed by atoms with Gasteiger partial charge in [-0.1, -0.05) is 0 Å². The monoisotopic (exact) mass is 333 g/mol. The first kappa shape index (κ1) is 15.8. The molecule has 0 atom stereocenters. The molecule has 0 amide bonds. The predicted octanol–water partition coefficient (Wildman–Crippen LogP) is 1.01. The van der Waals surface area contributed by atoms with E-state index in [9.17, 15) is 8.42 Å². The van der Waals surface area contributed by atoms with E-state index in [0.717, 1.165) is 24.2 Å². The molecule has 1 aliphatic heterocycles. The van der Waals surface area contributed by atoms with E-state index in [0.29, 0.717) is 25.6 Å². The molecule has 0 N–H and O–H groups in total. The Balaban J connectivity index is 1.80. The summed E-state index contributed by atoms with van der Waals surface area (Å²) in [6, 6.07) is 5.67. The van der Waals surface area contributed by atoms with E-state index in [-0.39, 0.29) is 0 Å². The van der Waals surface area contributed by atoms with Gasteiger partial charge >= 0.3 is 0 Å². The molecule has 0 aromatic carbocycles. The Morgan fingerprint density at radius 3 is 2.70 bits per heavy atom. The molecular formula is C15H19N5O2S. The highest BCUT2D eigenvalue weighted by molar-refractivity contribution is 7.88. The normalized spacial score (nSPS) is 17.0. The summed E-state index contributed by atoms with van der Waals surface area (Å²) in [5.41, 5.74) is 1.75. The van der Waals surface area contributed by atoms with Gasteiger partial charge in [0, 0.05) is 50.3 Å². The second kappa shape index (κ2) is 6.59. The zero-order valence-corrected chi connectivity index (χ0v) is 13.8. The van der Waals surface area contributed by atoms with Gasteiger partial charge in [-0.15, -0.1) is 0 Å². The SMILES string of the molecule is CS(=O)(=O)N1CCCN(c2nccc(-c3cccnc3)n2)CC1. The minimum atomic E-state index is -3.15. The van der Waals surface area contributed by atoms with E-state index in [1.807, 2.05) is 23.1 Å². The van der Waals surface area contributed by atoms with Crippen molar-refractivity contribution in [3.05, 3.63) is 36.8 Å². The third-order valence-corrected chi connectivity index (χ3v) is 5.11. The van der Waals surface area contributed by atoms with Crippen molar-refractivity contribution in [1.29, 1.82) is 0 Å². The van der Waals surface area contributed by atoms with Crippen molar-refractivity contribution in [1.82, 2.24) is 19.3 Å². The van der Waals surface area contributed by atoms with Gasteiger partial charge < -0.3 is 4.90 Å². The molecule has 3 rings (SSSR count). The molecule has 7 nitrogen and oxygen atoms in total. The lowest BCUT2D eigenvalue weighted by atomic mass is 10.2. The summed E-state index contributed by atoms with van der Waals surface area (Å²) in [6.07, 6.45) is 7.22. The minimum absolute atomic E-state index is 0.458. The van der Waals surface area contributed by atoms with E-state index in [4.69, 9.17) is 0 Å². The molecule has 0 spiro atoms. The first-order valence-electron chi connectivity index (χ1n) is 7.47. The molecule has 122 valence electrons. The Kier molecular flexibility index (Phi) is 4.53. The van der Waals surface area contributed by atoms with Crippen LogP contribution in [0.5, 0.6) is 0 Å². The third kappa shape index (κ3) is 3.83. The number of pyridine rings is 1. The van der Waals surface area contributed by atoms with Gasteiger partial charge in [-0.25, -0.2) is 22.7 Å². The van der Waals surface area contributed by atoms with Crippen LogP contribution in [-0.4, -0.2) is 60.1 Å². The average Bonchev–Trinajstić information content (AvgIpc) is 2.82. The van der Waals surface area contributed by atoms with Gasteiger partial charge in [-0.2, -0.15) is 0 Å². The van der Waals surface area contributed by atoms with Crippen molar-refractivity contribution in [3.8, 4) is 11.3 Å². The second-order valence-electron chi connectivity index (χ2n) is 5.49. The van der Waals surface area contributed by atoms with Gasteiger partial charge in [-0.3, -0.25) is 4.98 Å². The zero-order chi connectivity index (χ0) is 16.3. The van der Waals surface area contributed by atoms with Gasteiger partial charge in [-0.05, 0) is 24.6 Å². The molecule has 0 aliphatic carbocycles. The zero-order valence-electron chi connectivity index (χ0n) is 13.0. The highest BCUT2D eigenvalue weighted by Gasteiger charge is 2.22. The lowest BCUT2D eigenvalue weighted by Gasteiger charge is -2.21. The summed E-state index contributed by atoms with van der Waals surface area (Å²) in [6.45, 7) is 2.32. The van der Waals surface area contributed by atoms with Gasteiger partial charge in [0.15, 0.2) is 0 Å². The summed E-state index contributed by atoms with van der Waals surface area (Å²) in [5.74, 6) is 0.627. The molecule has 2 aromatic heterocycles. The lowest BCUT2D eigenvalue weighted by molar-refractivity contribution is 0.437. The largest absolute Gasteiger partial charge is 0.339 e. The maximum Gasteiger partial charge on any atom is 0.225 e. The first-order valence-corrected chi connectivity index (χ1v) is 9.32. The van der Waals surface area contributed by atoms with Crippen molar-refractivity contribution < 1.29 is 8.42 Å². The summed E-state index contributed by atoms with van der Waals surface area (Å²) in [7, 11) is -3.15. The van der Waals surface area contributed by atoms with Gasteiger partial charge in [0.1, 0.15) is 0 Å². The molecule has 8 heteroatoms. The quantitative estimate of drug-likeness (QED) is 0.834. The minimum Gasteiger partial charge on any atom is -0.339 e. The molecule has 0 saturated carbocycles. The summed E-state index contributed by atoms with van der Waals surface area (Å²) >= 11 is 0. The number of sulfonamides is 1. The molecule has 3 heterocycles. The van der Waals surface area contributed by atoms with Crippen molar-refractivity contribution in [2.75, 3.05) is 37.3 Å².